The van der Waals surface area contributed by atoms with E-state index in [1.807, 2.05) is 49.4 Å². The van der Waals surface area contributed by atoms with Crippen LogP contribution in [0.15, 0.2) is 59.5 Å². The number of carbonyl (C=O) groups excluding carboxylic acids is 2. The third-order valence-corrected chi connectivity index (χ3v) is 5.06. The SMILES string of the molecule is CCC[C@@H](NC(=O)[C@@H](C)Sc1ccc(NC(C)=O)cc1)c1ccccc1. The Bertz CT molecular complexity index is 717. The highest BCUT2D eigenvalue weighted by atomic mass is 32.2. The summed E-state index contributed by atoms with van der Waals surface area (Å²) in [6, 6.07) is 17.7. The van der Waals surface area contributed by atoms with Gasteiger partial charge in [0.05, 0.1) is 11.3 Å². The molecule has 2 atom stereocenters. The van der Waals surface area contributed by atoms with E-state index in [0.717, 1.165) is 29.0 Å². The number of benzene rings is 2. The van der Waals surface area contributed by atoms with Gasteiger partial charge in [0.25, 0.3) is 0 Å². The van der Waals surface area contributed by atoms with E-state index >= 15 is 0 Å². The molecule has 2 aromatic carbocycles. The molecule has 2 N–H and O–H groups in total. The largest absolute Gasteiger partial charge is 0.348 e. The van der Waals surface area contributed by atoms with Gasteiger partial charge in [0.2, 0.25) is 11.8 Å². The first kappa shape index (κ1) is 20.0. The highest BCUT2D eigenvalue weighted by Crippen LogP contribution is 2.26. The van der Waals surface area contributed by atoms with Crippen LogP contribution >= 0.6 is 11.8 Å². The lowest BCUT2D eigenvalue weighted by atomic mass is 10.0. The molecule has 2 aromatic rings. The summed E-state index contributed by atoms with van der Waals surface area (Å²) < 4.78 is 0. The van der Waals surface area contributed by atoms with Crippen LogP contribution in [0.25, 0.3) is 0 Å². The Hall–Kier alpha value is -2.27. The molecule has 0 aliphatic heterocycles. The first-order valence-corrected chi connectivity index (χ1v) is 9.77. The number of hydrogen-bond acceptors (Lipinski definition) is 3. The van der Waals surface area contributed by atoms with Gasteiger partial charge in [0.1, 0.15) is 0 Å². The van der Waals surface area contributed by atoms with Gasteiger partial charge in [0.15, 0.2) is 0 Å². The first-order chi connectivity index (χ1) is 12.5. The second-order valence-corrected chi connectivity index (χ2v) is 7.64. The zero-order valence-electron chi connectivity index (χ0n) is 15.5. The maximum absolute atomic E-state index is 12.6. The van der Waals surface area contributed by atoms with Crippen LogP contribution < -0.4 is 10.6 Å². The summed E-state index contributed by atoms with van der Waals surface area (Å²) in [7, 11) is 0. The fourth-order valence-corrected chi connectivity index (χ4v) is 3.54. The summed E-state index contributed by atoms with van der Waals surface area (Å²) in [5.41, 5.74) is 1.89. The van der Waals surface area contributed by atoms with Gasteiger partial charge in [0, 0.05) is 17.5 Å². The normalized spacial score (nSPS) is 12.9. The van der Waals surface area contributed by atoms with E-state index in [1.54, 1.807) is 0 Å². The molecule has 0 bridgehead atoms. The second-order valence-electron chi connectivity index (χ2n) is 6.23. The minimum atomic E-state index is -0.204. The van der Waals surface area contributed by atoms with E-state index in [9.17, 15) is 9.59 Å². The Labute approximate surface area is 159 Å². The van der Waals surface area contributed by atoms with Gasteiger partial charge in [-0.15, -0.1) is 11.8 Å². The summed E-state index contributed by atoms with van der Waals surface area (Å²) in [6.07, 6.45) is 1.92. The summed E-state index contributed by atoms with van der Waals surface area (Å²) in [5, 5.41) is 5.71. The maximum Gasteiger partial charge on any atom is 0.233 e. The molecule has 0 aliphatic rings. The highest BCUT2D eigenvalue weighted by molar-refractivity contribution is 8.00. The van der Waals surface area contributed by atoms with E-state index < -0.39 is 0 Å². The van der Waals surface area contributed by atoms with Crippen molar-refractivity contribution in [2.45, 2.75) is 49.8 Å². The number of hydrogen-bond donors (Lipinski definition) is 2. The standard InChI is InChI=1S/C21H26N2O2S/c1-4-8-20(17-9-6-5-7-10-17)23-21(25)15(2)26-19-13-11-18(12-14-19)22-16(3)24/h5-7,9-15,20H,4,8H2,1-3H3,(H,22,24)(H,23,25)/t15-,20-/m1/s1. The number of carbonyl (C=O) groups is 2. The van der Waals surface area contributed by atoms with Gasteiger partial charge in [-0.05, 0) is 43.2 Å². The topological polar surface area (TPSA) is 58.2 Å². The zero-order chi connectivity index (χ0) is 18.9. The van der Waals surface area contributed by atoms with E-state index in [0.29, 0.717) is 0 Å². The fraction of sp³-hybridized carbons (Fsp3) is 0.333. The van der Waals surface area contributed by atoms with Crippen molar-refractivity contribution in [2.24, 2.45) is 0 Å². The van der Waals surface area contributed by atoms with Crippen molar-refractivity contribution in [3.8, 4) is 0 Å². The summed E-state index contributed by atoms with van der Waals surface area (Å²) in [5.74, 6) is -0.0655. The molecule has 138 valence electrons. The molecular formula is C21H26N2O2S. The van der Waals surface area contributed by atoms with Gasteiger partial charge >= 0.3 is 0 Å². The van der Waals surface area contributed by atoms with Crippen LogP contribution in [0.5, 0.6) is 0 Å². The quantitative estimate of drug-likeness (QED) is 0.657. The van der Waals surface area contributed by atoms with Crippen molar-refractivity contribution >= 4 is 29.3 Å². The number of nitrogens with one attached hydrogen (secondary N) is 2. The number of thioether (sulfide) groups is 1. The molecule has 2 amide bonds. The Kier molecular flexibility index (Phi) is 7.73. The Morgan fingerprint density at radius 3 is 2.27 bits per heavy atom. The van der Waals surface area contributed by atoms with Crippen molar-refractivity contribution < 1.29 is 9.59 Å². The van der Waals surface area contributed by atoms with E-state index in [1.165, 1.54) is 18.7 Å². The molecule has 0 saturated heterocycles. The number of anilines is 1. The summed E-state index contributed by atoms with van der Waals surface area (Å²) >= 11 is 1.51. The minimum absolute atomic E-state index is 0.0308. The van der Waals surface area contributed by atoms with Gasteiger partial charge in [-0.25, -0.2) is 0 Å². The Morgan fingerprint density at radius 2 is 1.69 bits per heavy atom. The highest BCUT2D eigenvalue weighted by Gasteiger charge is 2.19. The van der Waals surface area contributed by atoms with Gasteiger partial charge in [-0.1, -0.05) is 43.7 Å². The maximum atomic E-state index is 12.6. The average molecular weight is 371 g/mol. The van der Waals surface area contributed by atoms with Crippen LogP contribution in [0.1, 0.15) is 45.2 Å². The summed E-state index contributed by atoms with van der Waals surface area (Å²) in [4.78, 5) is 24.7. The van der Waals surface area contributed by atoms with Gasteiger partial charge < -0.3 is 10.6 Å². The lowest BCUT2D eigenvalue weighted by Gasteiger charge is -2.21. The smallest absolute Gasteiger partial charge is 0.233 e. The Balaban J connectivity index is 1.96. The van der Waals surface area contributed by atoms with Crippen LogP contribution in [0, 0.1) is 0 Å². The predicted molar refractivity (Wildman–Crippen MR) is 108 cm³/mol. The van der Waals surface area contributed by atoms with Crippen LogP contribution in [0.4, 0.5) is 5.69 Å². The summed E-state index contributed by atoms with van der Waals surface area (Å²) in [6.45, 7) is 5.52. The molecule has 0 fully saturated rings. The molecule has 0 unspecified atom stereocenters. The molecule has 26 heavy (non-hydrogen) atoms. The average Bonchev–Trinajstić information content (AvgIpc) is 2.63. The van der Waals surface area contributed by atoms with Crippen molar-refractivity contribution in [2.75, 3.05) is 5.32 Å². The van der Waals surface area contributed by atoms with Crippen molar-refractivity contribution in [1.29, 1.82) is 0 Å². The molecule has 4 nitrogen and oxygen atoms in total. The van der Waals surface area contributed by atoms with E-state index in [4.69, 9.17) is 0 Å². The molecule has 0 saturated carbocycles. The molecule has 0 radical (unpaired) electrons. The van der Waals surface area contributed by atoms with Crippen LogP contribution in [0.2, 0.25) is 0 Å². The number of amides is 2. The minimum Gasteiger partial charge on any atom is -0.348 e. The molecule has 5 heteroatoms. The van der Waals surface area contributed by atoms with Gasteiger partial charge in [-0.2, -0.15) is 0 Å². The molecular weight excluding hydrogens is 344 g/mol. The third-order valence-electron chi connectivity index (χ3n) is 3.95. The van der Waals surface area contributed by atoms with Crippen molar-refractivity contribution in [1.82, 2.24) is 5.32 Å². The molecule has 0 aromatic heterocycles. The van der Waals surface area contributed by atoms with Crippen molar-refractivity contribution in [3.05, 3.63) is 60.2 Å². The Morgan fingerprint density at radius 1 is 1.04 bits per heavy atom. The molecule has 0 spiro atoms. The fourth-order valence-electron chi connectivity index (χ4n) is 2.66. The van der Waals surface area contributed by atoms with Crippen LogP contribution in [-0.4, -0.2) is 17.1 Å². The van der Waals surface area contributed by atoms with Crippen LogP contribution in [-0.2, 0) is 9.59 Å². The number of rotatable bonds is 8. The molecule has 0 heterocycles. The lowest BCUT2D eigenvalue weighted by Crippen LogP contribution is -2.34. The van der Waals surface area contributed by atoms with E-state index in [2.05, 4.69) is 29.7 Å². The lowest BCUT2D eigenvalue weighted by molar-refractivity contribution is -0.121. The van der Waals surface area contributed by atoms with Crippen molar-refractivity contribution in [3.63, 3.8) is 0 Å². The molecule has 2 rings (SSSR count). The first-order valence-electron chi connectivity index (χ1n) is 8.89. The van der Waals surface area contributed by atoms with Gasteiger partial charge in [-0.3, -0.25) is 9.59 Å². The second kappa shape index (κ2) is 10.0. The predicted octanol–water partition coefficient (Wildman–Crippen LogP) is 4.78. The van der Waals surface area contributed by atoms with E-state index in [-0.39, 0.29) is 23.1 Å². The zero-order valence-corrected chi connectivity index (χ0v) is 16.3. The monoisotopic (exact) mass is 370 g/mol. The molecule has 0 aliphatic carbocycles. The van der Waals surface area contributed by atoms with Crippen LogP contribution in [0.3, 0.4) is 0 Å². The third kappa shape index (κ3) is 6.23.